The highest BCUT2D eigenvalue weighted by molar-refractivity contribution is 5.39. The quantitative estimate of drug-likeness (QED) is 0.221. The van der Waals surface area contributed by atoms with Gasteiger partial charge in [0.05, 0.1) is 11.1 Å². The molecular formula is C21H43N9. The van der Waals surface area contributed by atoms with E-state index in [1.54, 1.807) is 0 Å². The minimum absolute atomic E-state index is 0.107. The zero-order chi connectivity index (χ0) is 21.7. The maximum absolute atomic E-state index is 6.55. The molecule has 1 aliphatic rings. The fourth-order valence-electron chi connectivity index (χ4n) is 3.86. The monoisotopic (exact) mass is 421 g/mol. The van der Waals surface area contributed by atoms with Crippen LogP contribution in [0.3, 0.4) is 0 Å². The van der Waals surface area contributed by atoms with Crippen LogP contribution < -0.4 is 48.7 Å². The third-order valence-electron chi connectivity index (χ3n) is 5.53. The molecule has 0 aromatic heterocycles. The van der Waals surface area contributed by atoms with E-state index in [-0.39, 0.29) is 11.1 Å². The lowest BCUT2D eigenvalue weighted by atomic mass is 9.97. The molecule has 1 heterocycles. The Morgan fingerprint density at radius 1 is 0.800 bits per heavy atom. The molecule has 0 spiro atoms. The molecule has 11 N–H and O–H groups in total. The fourth-order valence-corrected chi connectivity index (χ4v) is 3.86. The van der Waals surface area contributed by atoms with Crippen LogP contribution in [0.5, 0.6) is 0 Å². The summed E-state index contributed by atoms with van der Waals surface area (Å²) in [6.45, 7) is 9.21. The van der Waals surface area contributed by atoms with Crippen LogP contribution in [0.2, 0.25) is 0 Å². The molecule has 1 fully saturated rings. The Morgan fingerprint density at radius 2 is 1.30 bits per heavy atom. The number of nitrogens with one attached hydrogen (secondary N) is 7. The zero-order valence-electron chi connectivity index (χ0n) is 18.7. The average molecular weight is 422 g/mol. The van der Waals surface area contributed by atoms with Crippen LogP contribution in [0.4, 0.5) is 5.69 Å². The lowest BCUT2D eigenvalue weighted by Crippen LogP contribution is -2.64. The van der Waals surface area contributed by atoms with Crippen molar-refractivity contribution in [1.82, 2.24) is 37.2 Å². The maximum atomic E-state index is 6.55. The third kappa shape index (κ3) is 8.83. The summed E-state index contributed by atoms with van der Waals surface area (Å²) in [6.07, 6.45) is 0. The second kappa shape index (κ2) is 13.2. The zero-order valence-corrected chi connectivity index (χ0v) is 18.7. The molecule has 0 radical (unpaired) electrons. The van der Waals surface area contributed by atoms with Crippen LogP contribution in [0, 0.1) is 0 Å². The van der Waals surface area contributed by atoms with Crippen LogP contribution in [0.25, 0.3) is 0 Å². The summed E-state index contributed by atoms with van der Waals surface area (Å²) in [6, 6.07) is 8.07. The van der Waals surface area contributed by atoms with Crippen molar-refractivity contribution in [3.63, 3.8) is 0 Å². The van der Waals surface area contributed by atoms with Gasteiger partial charge in [-0.1, -0.05) is 12.1 Å². The molecule has 1 aromatic carbocycles. The Kier molecular flexibility index (Phi) is 11.0. The molecule has 9 nitrogen and oxygen atoms in total. The molecule has 0 bridgehead atoms. The van der Waals surface area contributed by atoms with E-state index < -0.39 is 0 Å². The first-order chi connectivity index (χ1) is 14.5. The predicted molar refractivity (Wildman–Crippen MR) is 127 cm³/mol. The lowest BCUT2D eigenvalue weighted by Gasteiger charge is -2.36. The number of hydrogen-bond acceptors (Lipinski definition) is 9. The molecule has 1 aliphatic heterocycles. The second-order valence-corrected chi connectivity index (χ2v) is 8.51. The third-order valence-corrected chi connectivity index (χ3v) is 5.53. The van der Waals surface area contributed by atoms with Gasteiger partial charge in [-0.25, -0.2) is 0 Å². The van der Waals surface area contributed by atoms with E-state index in [9.17, 15) is 0 Å². The molecule has 1 saturated heterocycles. The highest BCUT2D eigenvalue weighted by atomic mass is 15.1. The Hall–Kier alpha value is -1.30. The van der Waals surface area contributed by atoms with Crippen molar-refractivity contribution in [1.29, 1.82) is 0 Å². The first-order valence-electron chi connectivity index (χ1n) is 11.0. The fraction of sp³-hybridized carbons (Fsp3) is 0.714. The molecule has 0 saturated carbocycles. The highest BCUT2D eigenvalue weighted by Gasteiger charge is 2.29. The molecule has 1 aromatic rings. The summed E-state index contributed by atoms with van der Waals surface area (Å²) in [7, 11) is 3.95. The van der Waals surface area contributed by atoms with E-state index in [0.717, 1.165) is 77.7 Å². The number of nitrogens with two attached hydrogens (primary N) is 2. The largest absolute Gasteiger partial charge is 0.399 e. The highest BCUT2D eigenvalue weighted by Crippen LogP contribution is 2.09. The standard InChI is InChI=1S/C21H43N9/c1-24-12-20(23)13-26-7-9-28-16-21(15-25-2,17-29-10-8-27-14-20)30-11-18-3-5-19(22)6-4-18/h3-6,24-30H,7-17,22-23H2,1-2H3. The van der Waals surface area contributed by atoms with Gasteiger partial charge in [-0.05, 0) is 31.8 Å². The van der Waals surface area contributed by atoms with Gasteiger partial charge in [0.1, 0.15) is 0 Å². The van der Waals surface area contributed by atoms with E-state index in [2.05, 4.69) is 49.4 Å². The van der Waals surface area contributed by atoms with Crippen LogP contribution in [-0.2, 0) is 6.54 Å². The normalized spacial score (nSPS) is 27.4. The minimum Gasteiger partial charge on any atom is -0.399 e. The van der Waals surface area contributed by atoms with Gasteiger partial charge in [0, 0.05) is 77.7 Å². The Labute approximate surface area is 181 Å². The molecule has 0 atom stereocenters. The van der Waals surface area contributed by atoms with Crippen molar-refractivity contribution in [3.8, 4) is 0 Å². The smallest absolute Gasteiger partial charge is 0.0560 e. The number of nitrogen functional groups attached to an aromatic ring is 1. The topological polar surface area (TPSA) is 136 Å². The predicted octanol–water partition coefficient (Wildman–Crippen LogP) is -2.39. The first-order valence-corrected chi connectivity index (χ1v) is 11.0. The number of hydrogen-bond donors (Lipinski definition) is 9. The molecular weight excluding hydrogens is 378 g/mol. The van der Waals surface area contributed by atoms with Crippen molar-refractivity contribution in [2.75, 3.05) is 85.3 Å². The van der Waals surface area contributed by atoms with Gasteiger partial charge in [-0.2, -0.15) is 0 Å². The van der Waals surface area contributed by atoms with Gasteiger partial charge in [-0.3, -0.25) is 0 Å². The Balaban J connectivity index is 1.96. The molecule has 172 valence electrons. The summed E-state index contributed by atoms with van der Waals surface area (Å²) < 4.78 is 0. The van der Waals surface area contributed by atoms with E-state index in [0.29, 0.717) is 0 Å². The summed E-state index contributed by atoms with van der Waals surface area (Å²) in [5.41, 5.74) is 14.0. The van der Waals surface area contributed by atoms with Crippen molar-refractivity contribution in [3.05, 3.63) is 29.8 Å². The first kappa shape index (κ1) is 25.0. The van der Waals surface area contributed by atoms with Gasteiger partial charge in [0.2, 0.25) is 0 Å². The van der Waals surface area contributed by atoms with Gasteiger partial charge < -0.3 is 48.7 Å². The molecule has 0 unspecified atom stereocenters. The van der Waals surface area contributed by atoms with E-state index >= 15 is 0 Å². The second-order valence-electron chi connectivity index (χ2n) is 8.51. The maximum Gasteiger partial charge on any atom is 0.0560 e. The van der Waals surface area contributed by atoms with E-state index in [1.165, 1.54) is 5.56 Å². The SMILES string of the molecule is CNCC1(N)CNCCNCC(CNC)(NCc2ccc(N)cc2)CNCCNC1. The molecule has 0 amide bonds. The van der Waals surface area contributed by atoms with Gasteiger partial charge >= 0.3 is 0 Å². The molecule has 2 rings (SSSR count). The average Bonchev–Trinajstić information content (AvgIpc) is 2.73. The van der Waals surface area contributed by atoms with E-state index in [1.807, 2.05) is 26.2 Å². The van der Waals surface area contributed by atoms with E-state index in [4.69, 9.17) is 11.5 Å². The summed E-state index contributed by atoms with van der Waals surface area (Å²) in [4.78, 5) is 0. The lowest BCUT2D eigenvalue weighted by molar-refractivity contribution is 0.279. The molecule has 9 heteroatoms. The Bertz CT molecular complexity index is 562. The van der Waals surface area contributed by atoms with Crippen LogP contribution in [-0.4, -0.2) is 90.6 Å². The van der Waals surface area contributed by atoms with Gasteiger partial charge in [0.15, 0.2) is 0 Å². The number of rotatable bonds is 7. The number of likely N-dealkylation sites (N-methyl/N-ethyl adjacent to an activating group) is 2. The van der Waals surface area contributed by atoms with Crippen LogP contribution in [0.1, 0.15) is 5.56 Å². The van der Waals surface area contributed by atoms with Crippen molar-refractivity contribution in [2.45, 2.75) is 17.6 Å². The molecule has 30 heavy (non-hydrogen) atoms. The van der Waals surface area contributed by atoms with Crippen LogP contribution >= 0.6 is 0 Å². The van der Waals surface area contributed by atoms with Gasteiger partial charge in [0.25, 0.3) is 0 Å². The minimum atomic E-state index is -0.296. The van der Waals surface area contributed by atoms with Crippen molar-refractivity contribution >= 4 is 5.69 Å². The summed E-state index contributed by atoms with van der Waals surface area (Å²) in [5.74, 6) is 0. The van der Waals surface area contributed by atoms with Crippen molar-refractivity contribution in [2.24, 2.45) is 5.73 Å². The molecule has 0 aliphatic carbocycles. The van der Waals surface area contributed by atoms with Crippen molar-refractivity contribution < 1.29 is 0 Å². The Morgan fingerprint density at radius 3 is 1.80 bits per heavy atom. The summed E-state index contributed by atoms with van der Waals surface area (Å²) in [5, 5.41) is 24.6. The van der Waals surface area contributed by atoms with Gasteiger partial charge in [-0.15, -0.1) is 0 Å². The number of anilines is 1. The summed E-state index contributed by atoms with van der Waals surface area (Å²) >= 11 is 0. The van der Waals surface area contributed by atoms with Crippen LogP contribution in [0.15, 0.2) is 24.3 Å². The number of benzene rings is 1.